The van der Waals surface area contributed by atoms with Gasteiger partial charge >= 0.3 is 0 Å². The molecular formula is C28H32N4O5S. The number of fused-ring (bicyclic) bond motifs is 1. The van der Waals surface area contributed by atoms with E-state index in [-0.39, 0.29) is 33.9 Å². The number of amides is 1. The first-order chi connectivity index (χ1) is 18.1. The van der Waals surface area contributed by atoms with Gasteiger partial charge in [0.2, 0.25) is 10.0 Å². The number of phenolic OH excluding ortho intramolecular Hbond substituents is 2. The van der Waals surface area contributed by atoms with Gasteiger partial charge in [-0.05, 0) is 75.2 Å². The Kier molecular flexibility index (Phi) is 6.89. The van der Waals surface area contributed by atoms with E-state index in [0.717, 1.165) is 41.3 Å². The van der Waals surface area contributed by atoms with E-state index in [1.54, 1.807) is 11.0 Å². The molecule has 200 valence electrons. The highest BCUT2D eigenvalue weighted by molar-refractivity contribution is 7.89. The lowest BCUT2D eigenvalue weighted by atomic mass is 9.92. The standard InChI is InChI=1S/C28H32N4O5S/c1-18-14-23(38(36,37)31-12-10-30(3)11-13-31)17-29-27(18)21-6-9-25-20(15-21)5-4-19(2)32(25)28(35)24-8-7-22(33)16-26(24)34/h6-9,14-17,19,33-34H,4-5,10-13H2,1-3H3/t19-/m0/s1. The molecule has 2 aromatic carbocycles. The lowest BCUT2D eigenvalue weighted by Gasteiger charge is -2.35. The van der Waals surface area contributed by atoms with Crippen LogP contribution in [-0.2, 0) is 16.4 Å². The fraction of sp³-hybridized carbons (Fsp3) is 0.357. The quantitative estimate of drug-likeness (QED) is 0.525. The number of benzene rings is 2. The Hall–Kier alpha value is -3.47. The Labute approximate surface area is 223 Å². The molecular weight excluding hydrogens is 504 g/mol. The number of pyridine rings is 1. The summed E-state index contributed by atoms with van der Waals surface area (Å²) in [4.78, 5) is 21.9. The van der Waals surface area contributed by atoms with Crippen molar-refractivity contribution in [2.75, 3.05) is 38.1 Å². The number of aromatic nitrogens is 1. The van der Waals surface area contributed by atoms with Crippen molar-refractivity contribution >= 4 is 21.6 Å². The zero-order chi connectivity index (χ0) is 27.2. The summed E-state index contributed by atoms with van der Waals surface area (Å²) in [6.07, 6.45) is 2.95. The van der Waals surface area contributed by atoms with Gasteiger partial charge in [0.1, 0.15) is 16.4 Å². The minimum Gasteiger partial charge on any atom is -0.508 e. The SMILES string of the molecule is Cc1cc(S(=O)(=O)N2CCN(C)CC2)cnc1-c1ccc2c(c1)CC[C@H](C)N2C(=O)c1ccc(O)cc1O. The zero-order valence-corrected chi connectivity index (χ0v) is 22.6. The first-order valence-electron chi connectivity index (χ1n) is 12.7. The van der Waals surface area contributed by atoms with Crippen LogP contribution in [0.3, 0.4) is 0 Å². The molecule has 1 saturated heterocycles. The summed E-state index contributed by atoms with van der Waals surface area (Å²) in [5.41, 5.74) is 4.16. The normalized spacial score (nSPS) is 18.8. The highest BCUT2D eigenvalue weighted by atomic mass is 32.2. The van der Waals surface area contributed by atoms with Crippen LogP contribution in [0.4, 0.5) is 5.69 Å². The average Bonchev–Trinajstić information content (AvgIpc) is 2.88. The summed E-state index contributed by atoms with van der Waals surface area (Å²) in [6, 6.07) is 11.3. The van der Waals surface area contributed by atoms with Gasteiger partial charge < -0.3 is 20.0 Å². The maximum atomic E-state index is 13.4. The van der Waals surface area contributed by atoms with Crippen molar-refractivity contribution in [3.05, 3.63) is 65.4 Å². The average molecular weight is 537 g/mol. The first kappa shape index (κ1) is 26.1. The molecule has 0 spiro atoms. The number of phenols is 2. The van der Waals surface area contributed by atoms with Crippen molar-refractivity contribution in [1.82, 2.24) is 14.2 Å². The molecule has 9 nitrogen and oxygen atoms in total. The molecule has 3 aromatic rings. The van der Waals surface area contributed by atoms with Crippen LogP contribution in [0.15, 0.2) is 53.6 Å². The molecule has 1 atom stereocenters. The summed E-state index contributed by atoms with van der Waals surface area (Å²) >= 11 is 0. The fourth-order valence-electron chi connectivity index (χ4n) is 5.21. The summed E-state index contributed by atoms with van der Waals surface area (Å²) in [7, 11) is -1.63. The highest BCUT2D eigenvalue weighted by Gasteiger charge is 2.31. The Bertz CT molecular complexity index is 1500. The zero-order valence-electron chi connectivity index (χ0n) is 21.8. The minimum absolute atomic E-state index is 0.0759. The van der Waals surface area contributed by atoms with Gasteiger partial charge in [-0.1, -0.05) is 6.07 Å². The Balaban J connectivity index is 1.44. The molecule has 2 aliphatic rings. The van der Waals surface area contributed by atoms with E-state index in [2.05, 4.69) is 9.88 Å². The van der Waals surface area contributed by atoms with Crippen LogP contribution >= 0.6 is 0 Å². The predicted molar refractivity (Wildman–Crippen MR) is 145 cm³/mol. The molecule has 0 aliphatic carbocycles. The van der Waals surface area contributed by atoms with Crippen LogP contribution in [0.1, 0.15) is 34.8 Å². The van der Waals surface area contributed by atoms with Crippen molar-refractivity contribution in [3.8, 4) is 22.8 Å². The molecule has 2 N–H and O–H groups in total. The summed E-state index contributed by atoms with van der Waals surface area (Å²) < 4.78 is 27.9. The number of nitrogens with zero attached hydrogens (tertiary/aromatic N) is 4. The largest absolute Gasteiger partial charge is 0.508 e. The van der Waals surface area contributed by atoms with Gasteiger partial charge in [0, 0.05) is 55.7 Å². The molecule has 38 heavy (non-hydrogen) atoms. The molecule has 0 radical (unpaired) electrons. The van der Waals surface area contributed by atoms with Gasteiger partial charge in [-0.2, -0.15) is 4.31 Å². The molecule has 0 saturated carbocycles. The molecule has 3 heterocycles. The van der Waals surface area contributed by atoms with Crippen molar-refractivity contribution in [1.29, 1.82) is 0 Å². The van der Waals surface area contributed by atoms with Crippen LogP contribution in [-0.4, -0.2) is 78.0 Å². The number of hydrogen-bond acceptors (Lipinski definition) is 7. The molecule has 0 unspecified atom stereocenters. The molecule has 1 amide bonds. The topological polar surface area (TPSA) is 114 Å². The predicted octanol–water partition coefficient (Wildman–Crippen LogP) is 3.39. The van der Waals surface area contributed by atoms with E-state index >= 15 is 0 Å². The number of sulfonamides is 1. The lowest BCUT2D eigenvalue weighted by Crippen LogP contribution is -2.47. The molecule has 1 aromatic heterocycles. The Morgan fingerprint density at radius 1 is 1.03 bits per heavy atom. The molecule has 1 fully saturated rings. The van der Waals surface area contributed by atoms with E-state index in [1.165, 1.54) is 22.6 Å². The maximum absolute atomic E-state index is 13.4. The van der Waals surface area contributed by atoms with E-state index in [1.807, 2.05) is 39.1 Å². The third-order valence-corrected chi connectivity index (χ3v) is 9.33. The van der Waals surface area contributed by atoms with Crippen molar-refractivity contribution < 1.29 is 23.4 Å². The number of likely N-dealkylation sites (N-methyl/N-ethyl adjacent to an activating group) is 1. The maximum Gasteiger partial charge on any atom is 0.262 e. The molecule has 5 rings (SSSR count). The van der Waals surface area contributed by atoms with Crippen molar-refractivity contribution in [2.45, 2.75) is 37.6 Å². The van der Waals surface area contributed by atoms with Crippen LogP contribution in [0.2, 0.25) is 0 Å². The number of carbonyl (C=O) groups is 1. The smallest absolute Gasteiger partial charge is 0.262 e. The highest BCUT2D eigenvalue weighted by Crippen LogP contribution is 2.37. The van der Waals surface area contributed by atoms with Crippen LogP contribution in [0.5, 0.6) is 11.5 Å². The van der Waals surface area contributed by atoms with Crippen molar-refractivity contribution in [2.24, 2.45) is 0 Å². The van der Waals surface area contributed by atoms with Crippen LogP contribution in [0, 0.1) is 6.92 Å². The van der Waals surface area contributed by atoms with Gasteiger partial charge in [0.05, 0.1) is 11.3 Å². The number of aromatic hydroxyl groups is 2. The summed E-state index contributed by atoms with van der Waals surface area (Å²) in [5.74, 6) is -0.713. The number of rotatable bonds is 4. The van der Waals surface area contributed by atoms with E-state index < -0.39 is 10.0 Å². The third kappa shape index (κ3) is 4.75. The molecule has 0 bridgehead atoms. The first-order valence-corrected chi connectivity index (χ1v) is 14.1. The number of anilines is 1. The van der Waals surface area contributed by atoms with Crippen LogP contribution < -0.4 is 4.90 Å². The fourth-order valence-corrected chi connectivity index (χ4v) is 6.66. The van der Waals surface area contributed by atoms with Crippen molar-refractivity contribution in [3.63, 3.8) is 0 Å². The molecule has 2 aliphatic heterocycles. The number of carbonyl (C=O) groups excluding carboxylic acids is 1. The monoisotopic (exact) mass is 536 g/mol. The van der Waals surface area contributed by atoms with E-state index in [4.69, 9.17) is 0 Å². The van der Waals surface area contributed by atoms with Gasteiger partial charge in [0.15, 0.2) is 0 Å². The Morgan fingerprint density at radius 2 is 1.76 bits per heavy atom. The van der Waals surface area contributed by atoms with Gasteiger partial charge in [-0.3, -0.25) is 9.78 Å². The minimum atomic E-state index is -3.61. The summed E-state index contributed by atoms with van der Waals surface area (Å²) in [5, 5.41) is 19.9. The second-order valence-corrected chi connectivity index (χ2v) is 12.1. The Morgan fingerprint density at radius 3 is 2.45 bits per heavy atom. The third-order valence-electron chi connectivity index (χ3n) is 7.47. The second-order valence-electron chi connectivity index (χ2n) is 10.2. The number of hydrogen-bond donors (Lipinski definition) is 2. The van der Waals surface area contributed by atoms with E-state index in [9.17, 15) is 23.4 Å². The van der Waals surface area contributed by atoms with Crippen LogP contribution in [0.25, 0.3) is 11.3 Å². The van der Waals surface area contributed by atoms with Gasteiger partial charge in [0.25, 0.3) is 5.91 Å². The number of aryl methyl sites for hydroxylation is 2. The van der Waals surface area contributed by atoms with Gasteiger partial charge in [-0.15, -0.1) is 0 Å². The molecule has 10 heteroatoms. The lowest BCUT2D eigenvalue weighted by molar-refractivity contribution is 0.0972. The van der Waals surface area contributed by atoms with E-state index in [0.29, 0.717) is 31.9 Å². The second kappa shape index (κ2) is 10.0. The summed E-state index contributed by atoms with van der Waals surface area (Å²) in [6.45, 7) is 6.14. The van der Waals surface area contributed by atoms with Gasteiger partial charge in [-0.25, -0.2) is 8.42 Å². The number of piperazine rings is 1.